The van der Waals surface area contributed by atoms with E-state index in [1.165, 1.54) is 25.7 Å². The van der Waals surface area contributed by atoms with Crippen LogP contribution in [0.4, 0.5) is 5.69 Å². The van der Waals surface area contributed by atoms with Crippen molar-refractivity contribution in [1.82, 2.24) is 4.90 Å². The molecule has 2 aliphatic rings. The molecule has 1 aliphatic heterocycles. The first-order valence-corrected chi connectivity index (χ1v) is 7.90. The summed E-state index contributed by atoms with van der Waals surface area (Å²) in [5, 5.41) is 0.569. The van der Waals surface area contributed by atoms with Crippen molar-refractivity contribution in [3.05, 3.63) is 28.8 Å². The molecule has 1 amide bonds. The van der Waals surface area contributed by atoms with Crippen LogP contribution in [0.3, 0.4) is 0 Å². The zero-order chi connectivity index (χ0) is 14.1. The number of carbonyl (C=O) groups excluding carboxylic acids is 1. The molecule has 2 N–H and O–H groups in total. The quantitative estimate of drug-likeness (QED) is 0.845. The third-order valence-corrected chi connectivity index (χ3v) is 4.98. The van der Waals surface area contributed by atoms with Gasteiger partial charge in [0.2, 0.25) is 0 Å². The van der Waals surface area contributed by atoms with Gasteiger partial charge in [-0.3, -0.25) is 4.79 Å². The number of nitrogen functional groups attached to an aromatic ring is 1. The van der Waals surface area contributed by atoms with Crippen LogP contribution in [-0.2, 0) is 0 Å². The van der Waals surface area contributed by atoms with Gasteiger partial charge in [-0.25, -0.2) is 0 Å². The molecule has 1 aliphatic carbocycles. The first-order valence-electron chi connectivity index (χ1n) is 7.53. The minimum Gasteiger partial charge on any atom is -0.398 e. The number of anilines is 1. The van der Waals surface area contributed by atoms with Gasteiger partial charge in [0.1, 0.15) is 0 Å². The lowest BCUT2D eigenvalue weighted by molar-refractivity contribution is 0.0690. The lowest BCUT2D eigenvalue weighted by Crippen LogP contribution is -2.39. The fraction of sp³-hybridized carbons (Fsp3) is 0.562. The van der Waals surface area contributed by atoms with Crippen molar-refractivity contribution < 1.29 is 4.79 Å². The average Bonchev–Trinajstić information content (AvgIpc) is 3.10. The van der Waals surface area contributed by atoms with Gasteiger partial charge in [-0.2, -0.15) is 0 Å². The van der Waals surface area contributed by atoms with E-state index in [0.717, 1.165) is 19.4 Å². The molecule has 4 heteroatoms. The fourth-order valence-electron chi connectivity index (χ4n) is 3.75. The molecule has 0 aromatic heterocycles. The van der Waals surface area contributed by atoms with E-state index >= 15 is 0 Å². The second-order valence-corrected chi connectivity index (χ2v) is 6.42. The molecule has 1 aromatic carbocycles. The molecule has 0 bridgehead atoms. The number of rotatable bonds is 2. The number of amides is 1. The van der Waals surface area contributed by atoms with E-state index in [2.05, 4.69) is 0 Å². The Morgan fingerprint density at radius 2 is 1.95 bits per heavy atom. The highest BCUT2D eigenvalue weighted by Gasteiger charge is 2.36. The Hall–Kier alpha value is -1.22. The highest BCUT2D eigenvalue weighted by molar-refractivity contribution is 6.31. The number of benzene rings is 1. The van der Waals surface area contributed by atoms with Crippen LogP contribution in [0.25, 0.3) is 0 Å². The summed E-state index contributed by atoms with van der Waals surface area (Å²) in [5.74, 6) is 0.737. The number of likely N-dealkylation sites (tertiary alicyclic amines) is 1. The van der Waals surface area contributed by atoms with Crippen LogP contribution in [-0.4, -0.2) is 23.4 Å². The predicted octanol–water partition coefficient (Wildman–Crippen LogP) is 3.72. The van der Waals surface area contributed by atoms with E-state index in [1.54, 1.807) is 18.2 Å². The van der Waals surface area contributed by atoms with Gasteiger partial charge in [-0.15, -0.1) is 0 Å². The summed E-state index contributed by atoms with van der Waals surface area (Å²) in [6.07, 6.45) is 7.38. The van der Waals surface area contributed by atoms with Crippen LogP contribution in [0.15, 0.2) is 18.2 Å². The lowest BCUT2D eigenvalue weighted by Gasteiger charge is -2.30. The van der Waals surface area contributed by atoms with Crippen LogP contribution in [0.1, 0.15) is 48.9 Å². The fourth-order valence-corrected chi connectivity index (χ4v) is 3.92. The molecule has 108 valence electrons. The molecule has 0 radical (unpaired) electrons. The number of hydrogen-bond donors (Lipinski definition) is 1. The summed E-state index contributed by atoms with van der Waals surface area (Å²) >= 11 is 6.00. The van der Waals surface area contributed by atoms with Crippen LogP contribution in [0.5, 0.6) is 0 Å². The van der Waals surface area contributed by atoms with Crippen LogP contribution >= 0.6 is 11.6 Å². The molecule has 1 aromatic rings. The van der Waals surface area contributed by atoms with Gasteiger partial charge in [-0.1, -0.05) is 24.4 Å². The monoisotopic (exact) mass is 292 g/mol. The maximum absolute atomic E-state index is 12.8. The molecule has 20 heavy (non-hydrogen) atoms. The van der Waals surface area contributed by atoms with Gasteiger partial charge in [0.25, 0.3) is 5.91 Å². The Balaban J connectivity index is 1.83. The highest BCUT2D eigenvalue weighted by atomic mass is 35.5. The summed E-state index contributed by atoms with van der Waals surface area (Å²) in [4.78, 5) is 14.8. The van der Waals surface area contributed by atoms with Gasteiger partial charge in [0, 0.05) is 23.3 Å². The van der Waals surface area contributed by atoms with E-state index in [1.807, 2.05) is 4.90 Å². The second-order valence-electron chi connectivity index (χ2n) is 5.98. The highest BCUT2D eigenvalue weighted by Crippen LogP contribution is 2.36. The molecule has 2 fully saturated rings. The maximum atomic E-state index is 12.8. The smallest absolute Gasteiger partial charge is 0.256 e. The number of carbonyl (C=O) groups is 1. The molecular weight excluding hydrogens is 272 g/mol. The average molecular weight is 293 g/mol. The summed E-state index contributed by atoms with van der Waals surface area (Å²) in [6, 6.07) is 5.55. The number of nitrogens with zero attached hydrogens (tertiary/aromatic N) is 1. The number of halogens is 1. The second kappa shape index (κ2) is 5.65. The predicted molar refractivity (Wildman–Crippen MR) is 81.9 cm³/mol. The van der Waals surface area contributed by atoms with Gasteiger partial charge in [0.15, 0.2) is 0 Å². The van der Waals surface area contributed by atoms with E-state index in [9.17, 15) is 4.79 Å². The van der Waals surface area contributed by atoms with Crippen molar-refractivity contribution in [1.29, 1.82) is 0 Å². The first kappa shape index (κ1) is 13.7. The molecule has 3 nitrogen and oxygen atoms in total. The van der Waals surface area contributed by atoms with Gasteiger partial charge in [-0.05, 0) is 49.8 Å². The number of nitrogens with two attached hydrogens (primary N) is 1. The Morgan fingerprint density at radius 1 is 1.20 bits per heavy atom. The van der Waals surface area contributed by atoms with Crippen molar-refractivity contribution in [3.63, 3.8) is 0 Å². The topological polar surface area (TPSA) is 46.3 Å². The molecule has 1 saturated carbocycles. The van der Waals surface area contributed by atoms with Gasteiger partial charge >= 0.3 is 0 Å². The molecular formula is C16H21ClN2O. The lowest BCUT2D eigenvalue weighted by atomic mass is 9.95. The third-order valence-electron chi connectivity index (χ3n) is 4.75. The van der Waals surface area contributed by atoms with Crippen molar-refractivity contribution in [2.45, 2.75) is 44.6 Å². The van der Waals surface area contributed by atoms with Gasteiger partial charge in [0.05, 0.1) is 5.56 Å². The molecule has 1 unspecified atom stereocenters. The minimum absolute atomic E-state index is 0.0550. The molecule has 1 heterocycles. The van der Waals surface area contributed by atoms with E-state index < -0.39 is 0 Å². The first-order chi connectivity index (χ1) is 9.66. The summed E-state index contributed by atoms with van der Waals surface area (Å²) in [7, 11) is 0. The van der Waals surface area contributed by atoms with E-state index in [4.69, 9.17) is 17.3 Å². The summed E-state index contributed by atoms with van der Waals surface area (Å²) in [5.41, 5.74) is 7.03. The third kappa shape index (κ3) is 2.51. The molecule has 3 rings (SSSR count). The molecule has 1 atom stereocenters. The maximum Gasteiger partial charge on any atom is 0.256 e. The van der Waals surface area contributed by atoms with Crippen LogP contribution < -0.4 is 5.73 Å². The normalized spacial score (nSPS) is 23.4. The Bertz CT molecular complexity index is 511. The summed E-state index contributed by atoms with van der Waals surface area (Å²) in [6.45, 7) is 0.853. The SMILES string of the molecule is Nc1ccc(Cl)cc1C(=O)N1CCCC1C1CCCC1. The van der Waals surface area contributed by atoms with E-state index in [-0.39, 0.29) is 5.91 Å². The Kier molecular flexibility index (Phi) is 3.88. The van der Waals surface area contributed by atoms with Crippen molar-refractivity contribution >= 4 is 23.2 Å². The van der Waals surface area contributed by atoms with Crippen LogP contribution in [0.2, 0.25) is 5.02 Å². The minimum atomic E-state index is 0.0550. The number of hydrogen-bond acceptors (Lipinski definition) is 2. The van der Waals surface area contributed by atoms with E-state index in [0.29, 0.717) is 28.2 Å². The zero-order valence-corrected chi connectivity index (χ0v) is 12.4. The van der Waals surface area contributed by atoms with Crippen LogP contribution in [0, 0.1) is 5.92 Å². The zero-order valence-electron chi connectivity index (χ0n) is 11.6. The van der Waals surface area contributed by atoms with Crippen molar-refractivity contribution in [2.75, 3.05) is 12.3 Å². The molecule has 1 saturated heterocycles. The summed E-state index contributed by atoms with van der Waals surface area (Å²) < 4.78 is 0. The Morgan fingerprint density at radius 3 is 2.70 bits per heavy atom. The standard InChI is InChI=1S/C16H21ClN2O/c17-12-7-8-14(18)13(10-12)16(20)19-9-3-6-15(19)11-4-1-2-5-11/h7-8,10-11,15H,1-6,9,18H2. The molecule has 0 spiro atoms. The largest absolute Gasteiger partial charge is 0.398 e. The Labute approximate surface area is 125 Å². The van der Waals surface area contributed by atoms with Crippen molar-refractivity contribution in [3.8, 4) is 0 Å². The van der Waals surface area contributed by atoms with Gasteiger partial charge < -0.3 is 10.6 Å². The van der Waals surface area contributed by atoms with Crippen molar-refractivity contribution in [2.24, 2.45) is 5.92 Å².